The third-order valence-corrected chi connectivity index (χ3v) is 2.43. The number of nitrogens with zero attached hydrogens (tertiary/aromatic N) is 1. The van der Waals surface area contributed by atoms with E-state index in [1.165, 1.54) is 11.1 Å². The van der Waals surface area contributed by atoms with Crippen LogP contribution in [0.4, 0.5) is 0 Å². The molecule has 62 valence electrons. The molecule has 2 N–H and O–H groups in total. The van der Waals surface area contributed by atoms with Crippen molar-refractivity contribution in [1.29, 1.82) is 0 Å². The lowest BCUT2D eigenvalue weighted by Crippen LogP contribution is -2.08. The van der Waals surface area contributed by atoms with Crippen molar-refractivity contribution < 1.29 is 0 Å². The molecule has 2 heteroatoms. The van der Waals surface area contributed by atoms with E-state index in [0.29, 0.717) is 5.92 Å². The van der Waals surface area contributed by atoms with E-state index in [1.54, 1.807) is 0 Å². The Morgan fingerprint density at radius 2 is 2.17 bits per heavy atom. The summed E-state index contributed by atoms with van der Waals surface area (Å²) < 4.78 is 0. The third-order valence-electron chi connectivity index (χ3n) is 2.43. The summed E-state index contributed by atoms with van der Waals surface area (Å²) >= 11 is 0. The lowest BCUT2D eigenvalue weighted by molar-refractivity contribution is 0.796. The Morgan fingerprint density at radius 3 is 2.92 bits per heavy atom. The molecule has 0 spiro atoms. The van der Waals surface area contributed by atoms with E-state index in [9.17, 15) is 0 Å². The minimum Gasteiger partial charge on any atom is -0.323 e. The first kappa shape index (κ1) is 7.35. The highest BCUT2D eigenvalue weighted by Crippen LogP contribution is 2.26. The Hall–Kier alpha value is -1.31. The van der Waals surface area contributed by atoms with E-state index in [2.05, 4.69) is 30.2 Å². The largest absolute Gasteiger partial charge is 0.323 e. The first-order chi connectivity index (χ1) is 5.83. The van der Waals surface area contributed by atoms with Crippen LogP contribution in [0.15, 0.2) is 29.4 Å². The van der Waals surface area contributed by atoms with Gasteiger partial charge in [-0.2, -0.15) is 5.10 Å². The maximum Gasteiger partial charge on any atom is 0.0706 e. The molecule has 1 aromatic rings. The van der Waals surface area contributed by atoms with Crippen molar-refractivity contribution in [3.63, 3.8) is 0 Å². The van der Waals surface area contributed by atoms with Crippen molar-refractivity contribution in [2.75, 3.05) is 0 Å². The van der Waals surface area contributed by atoms with Crippen LogP contribution in [0.25, 0.3) is 0 Å². The molecule has 0 saturated heterocycles. The van der Waals surface area contributed by atoms with Crippen LogP contribution in [-0.4, -0.2) is 5.71 Å². The summed E-state index contributed by atoms with van der Waals surface area (Å²) in [7, 11) is 0. The summed E-state index contributed by atoms with van der Waals surface area (Å²) in [5.74, 6) is 5.81. The minimum atomic E-state index is 0.479. The van der Waals surface area contributed by atoms with Gasteiger partial charge in [-0.25, -0.2) is 0 Å². The molecular weight excluding hydrogens is 148 g/mol. The van der Waals surface area contributed by atoms with Gasteiger partial charge in [0.05, 0.1) is 5.71 Å². The van der Waals surface area contributed by atoms with Crippen LogP contribution in [0.3, 0.4) is 0 Å². The number of fused-ring (bicyclic) bond motifs is 1. The van der Waals surface area contributed by atoms with Gasteiger partial charge in [-0.05, 0) is 12.0 Å². The molecule has 2 nitrogen and oxygen atoms in total. The number of rotatable bonds is 0. The Kier molecular flexibility index (Phi) is 1.61. The van der Waals surface area contributed by atoms with E-state index < -0.39 is 0 Å². The Labute approximate surface area is 72.1 Å². The second kappa shape index (κ2) is 2.63. The molecule has 0 amide bonds. The molecule has 1 aliphatic rings. The van der Waals surface area contributed by atoms with Gasteiger partial charge in [0.2, 0.25) is 0 Å². The summed E-state index contributed by atoms with van der Waals surface area (Å²) in [6, 6.07) is 8.32. The number of hydrogen-bond acceptors (Lipinski definition) is 2. The average molecular weight is 160 g/mol. The molecule has 1 atom stereocenters. The summed E-state index contributed by atoms with van der Waals surface area (Å²) in [5, 5.41) is 3.83. The Bertz CT molecular complexity index is 328. The number of benzene rings is 1. The number of hydrogen-bond donors (Lipinski definition) is 1. The highest BCUT2D eigenvalue weighted by Gasteiger charge is 2.23. The molecule has 1 aromatic carbocycles. The molecule has 0 bridgehead atoms. The zero-order valence-corrected chi connectivity index (χ0v) is 7.12. The van der Waals surface area contributed by atoms with Gasteiger partial charge in [-0.3, -0.25) is 0 Å². The number of nitrogens with two attached hydrogens (primary N) is 1. The number of hydrazone groups is 1. The fourth-order valence-electron chi connectivity index (χ4n) is 1.84. The molecule has 2 rings (SSSR count). The molecule has 0 aromatic heterocycles. The van der Waals surface area contributed by atoms with E-state index in [0.717, 1.165) is 12.1 Å². The summed E-state index contributed by atoms with van der Waals surface area (Å²) in [6.07, 6.45) is 1.08. The second-order valence-corrected chi connectivity index (χ2v) is 3.28. The highest BCUT2D eigenvalue weighted by molar-refractivity contribution is 6.05. The normalized spacial score (nSPS) is 24.4. The maximum absolute atomic E-state index is 5.33. The SMILES string of the molecule is CC1Cc2ccccc2C1=NN. The van der Waals surface area contributed by atoms with Gasteiger partial charge >= 0.3 is 0 Å². The van der Waals surface area contributed by atoms with Gasteiger partial charge in [0.1, 0.15) is 0 Å². The van der Waals surface area contributed by atoms with Gasteiger partial charge in [0.15, 0.2) is 0 Å². The zero-order valence-electron chi connectivity index (χ0n) is 7.12. The van der Waals surface area contributed by atoms with E-state index >= 15 is 0 Å². The van der Waals surface area contributed by atoms with Crippen molar-refractivity contribution in [2.45, 2.75) is 13.3 Å². The van der Waals surface area contributed by atoms with Crippen LogP contribution in [0.1, 0.15) is 18.1 Å². The van der Waals surface area contributed by atoms with Gasteiger partial charge in [0, 0.05) is 11.5 Å². The van der Waals surface area contributed by atoms with Crippen LogP contribution in [0.5, 0.6) is 0 Å². The van der Waals surface area contributed by atoms with Crippen molar-refractivity contribution in [2.24, 2.45) is 16.9 Å². The highest BCUT2D eigenvalue weighted by atomic mass is 15.1. The summed E-state index contributed by atoms with van der Waals surface area (Å²) in [5.41, 5.74) is 3.65. The molecular formula is C10H12N2. The first-order valence-electron chi connectivity index (χ1n) is 4.19. The summed E-state index contributed by atoms with van der Waals surface area (Å²) in [4.78, 5) is 0. The van der Waals surface area contributed by atoms with Gasteiger partial charge < -0.3 is 5.84 Å². The fourth-order valence-corrected chi connectivity index (χ4v) is 1.84. The minimum absolute atomic E-state index is 0.479. The van der Waals surface area contributed by atoms with Crippen LogP contribution in [0.2, 0.25) is 0 Å². The van der Waals surface area contributed by atoms with Gasteiger partial charge in [-0.15, -0.1) is 0 Å². The van der Waals surface area contributed by atoms with E-state index in [-0.39, 0.29) is 0 Å². The maximum atomic E-state index is 5.33. The topological polar surface area (TPSA) is 38.4 Å². The fraction of sp³-hybridized carbons (Fsp3) is 0.300. The third kappa shape index (κ3) is 0.916. The van der Waals surface area contributed by atoms with Crippen LogP contribution < -0.4 is 5.84 Å². The predicted molar refractivity (Wildman–Crippen MR) is 50.0 cm³/mol. The summed E-state index contributed by atoms with van der Waals surface area (Å²) in [6.45, 7) is 2.16. The van der Waals surface area contributed by atoms with Gasteiger partial charge in [-0.1, -0.05) is 31.2 Å². The molecule has 1 aliphatic carbocycles. The molecule has 0 saturated carbocycles. The average Bonchev–Trinajstić information content (AvgIpc) is 2.40. The molecule has 0 radical (unpaired) electrons. The second-order valence-electron chi connectivity index (χ2n) is 3.28. The zero-order chi connectivity index (χ0) is 8.55. The van der Waals surface area contributed by atoms with E-state index in [1.807, 2.05) is 6.07 Å². The molecule has 0 aliphatic heterocycles. The van der Waals surface area contributed by atoms with E-state index in [4.69, 9.17) is 5.84 Å². The Morgan fingerprint density at radius 1 is 1.42 bits per heavy atom. The molecule has 0 fully saturated rings. The Balaban J connectivity index is 2.55. The first-order valence-corrected chi connectivity index (χ1v) is 4.19. The van der Waals surface area contributed by atoms with Crippen LogP contribution in [-0.2, 0) is 6.42 Å². The lowest BCUT2D eigenvalue weighted by Gasteiger charge is -2.00. The van der Waals surface area contributed by atoms with Crippen molar-refractivity contribution in [1.82, 2.24) is 0 Å². The molecule has 0 heterocycles. The van der Waals surface area contributed by atoms with Crippen molar-refractivity contribution >= 4 is 5.71 Å². The predicted octanol–water partition coefficient (Wildman–Crippen LogP) is 1.54. The standard InChI is InChI=1S/C10H12N2/c1-7-6-8-4-2-3-5-9(8)10(7)12-11/h2-5,7H,6,11H2,1H3. The monoisotopic (exact) mass is 160 g/mol. The van der Waals surface area contributed by atoms with Crippen molar-refractivity contribution in [3.8, 4) is 0 Å². The lowest BCUT2D eigenvalue weighted by atomic mass is 10.1. The van der Waals surface area contributed by atoms with Crippen molar-refractivity contribution in [3.05, 3.63) is 35.4 Å². The quantitative estimate of drug-likeness (QED) is 0.453. The van der Waals surface area contributed by atoms with Gasteiger partial charge in [0.25, 0.3) is 0 Å². The molecule has 1 unspecified atom stereocenters. The van der Waals surface area contributed by atoms with Crippen LogP contribution in [0, 0.1) is 5.92 Å². The molecule has 12 heavy (non-hydrogen) atoms. The smallest absolute Gasteiger partial charge is 0.0706 e. The van der Waals surface area contributed by atoms with Crippen LogP contribution >= 0.6 is 0 Å².